The van der Waals surface area contributed by atoms with Crippen molar-refractivity contribution >= 4 is 17.8 Å². The molecule has 7 nitrogen and oxygen atoms in total. The summed E-state index contributed by atoms with van der Waals surface area (Å²) in [6.45, 7) is 4.95. The number of amides is 2. The van der Waals surface area contributed by atoms with E-state index in [-0.39, 0.29) is 29.9 Å². The van der Waals surface area contributed by atoms with Crippen LogP contribution >= 0.6 is 0 Å². The Morgan fingerprint density at radius 1 is 1.19 bits per heavy atom. The van der Waals surface area contributed by atoms with Crippen LogP contribution in [0.3, 0.4) is 0 Å². The van der Waals surface area contributed by atoms with Gasteiger partial charge >= 0.3 is 5.97 Å². The van der Waals surface area contributed by atoms with Crippen molar-refractivity contribution in [1.82, 2.24) is 14.7 Å². The van der Waals surface area contributed by atoms with E-state index in [1.54, 1.807) is 11.8 Å². The van der Waals surface area contributed by atoms with Gasteiger partial charge in [-0.15, -0.1) is 0 Å². The van der Waals surface area contributed by atoms with Gasteiger partial charge in [-0.05, 0) is 39.7 Å². The molecule has 2 saturated heterocycles. The number of piperazine rings is 1. The molecular weight excluding hydrogens is 334 g/mol. The molecule has 0 aromatic rings. The van der Waals surface area contributed by atoms with Gasteiger partial charge in [0.2, 0.25) is 11.8 Å². The molecule has 146 valence electrons. The molecule has 3 fully saturated rings. The van der Waals surface area contributed by atoms with Crippen LogP contribution in [-0.4, -0.2) is 84.4 Å². The van der Waals surface area contributed by atoms with Crippen molar-refractivity contribution in [2.45, 2.75) is 51.0 Å². The molecule has 0 radical (unpaired) electrons. The third-order valence-electron chi connectivity index (χ3n) is 6.40. The highest BCUT2D eigenvalue weighted by atomic mass is 16.5. The van der Waals surface area contributed by atoms with Gasteiger partial charge in [-0.25, -0.2) is 0 Å². The molecule has 0 bridgehead atoms. The van der Waals surface area contributed by atoms with Gasteiger partial charge in [-0.1, -0.05) is 6.42 Å². The normalized spacial score (nSPS) is 28.0. The number of carbonyl (C=O) groups excluding carboxylic acids is 3. The Morgan fingerprint density at radius 2 is 1.96 bits per heavy atom. The van der Waals surface area contributed by atoms with Crippen LogP contribution in [0.1, 0.15) is 45.4 Å². The predicted octanol–water partition coefficient (Wildman–Crippen LogP) is 0.875. The third-order valence-corrected chi connectivity index (χ3v) is 6.40. The molecule has 0 aromatic carbocycles. The average Bonchev–Trinajstić information content (AvgIpc) is 2.71. The molecule has 1 spiro atoms. The number of hydrogen-bond acceptors (Lipinski definition) is 5. The lowest BCUT2D eigenvalue weighted by Gasteiger charge is -2.50. The summed E-state index contributed by atoms with van der Waals surface area (Å²) < 4.78 is 4.99. The maximum atomic E-state index is 12.7. The number of carbonyl (C=O) groups is 3. The summed E-state index contributed by atoms with van der Waals surface area (Å²) in [6, 6.07) is 0. The third kappa shape index (κ3) is 3.87. The predicted molar refractivity (Wildman–Crippen MR) is 96.3 cm³/mol. The molecule has 3 rings (SSSR count). The van der Waals surface area contributed by atoms with Gasteiger partial charge in [0.05, 0.1) is 6.61 Å². The maximum absolute atomic E-state index is 12.7. The zero-order valence-electron chi connectivity index (χ0n) is 16.0. The van der Waals surface area contributed by atoms with Crippen molar-refractivity contribution in [3.63, 3.8) is 0 Å². The molecule has 2 amide bonds. The van der Waals surface area contributed by atoms with Crippen LogP contribution in [0.15, 0.2) is 0 Å². The number of esters is 1. The Labute approximate surface area is 155 Å². The molecule has 2 aliphatic heterocycles. The first kappa shape index (κ1) is 19.1. The lowest BCUT2D eigenvalue weighted by atomic mass is 9.82. The topological polar surface area (TPSA) is 70.2 Å². The summed E-state index contributed by atoms with van der Waals surface area (Å²) in [5, 5.41) is 0. The van der Waals surface area contributed by atoms with Crippen molar-refractivity contribution < 1.29 is 19.1 Å². The van der Waals surface area contributed by atoms with Crippen LogP contribution in [0, 0.1) is 5.92 Å². The number of likely N-dealkylation sites (N-methyl/N-ethyl adjacent to an activating group) is 1. The largest absolute Gasteiger partial charge is 0.465 e. The number of ether oxygens (including phenoxy) is 1. The van der Waals surface area contributed by atoms with Gasteiger partial charge in [0.25, 0.3) is 0 Å². The van der Waals surface area contributed by atoms with E-state index in [0.29, 0.717) is 32.0 Å². The second-order valence-electron chi connectivity index (χ2n) is 7.90. The minimum absolute atomic E-state index is 0.00534. The summed E-state index contributed by atoms with van der Waals surface area (Å²) in [5.41, 5.74) is -0.170. The molecule has 3 aliphatic rings. The van der Waals surface area contributed by atoms with Gasteiger partial charge in [-0.2, -0.15) is 0 Å². The molecule has 0 unspecified atom stereocenters. The van der Waals surface area contributed by atoms with Crippen molar-refractivity contribution in [3.8, 4) is 0 Å². The number of nitrogens with zero attached hydrogens (tertiary/aromatic N) is 3. The van der Waals surface area contributed by atoms with E-state index in [0.717, 1.165) is 45.2 Å². The zero-order chi connectivity index (χ0) is 18.7. The number of likely N-dealkylation sites (tertiary alicyclic amines) is 1. The van der Waals surface area contributed by atoms with Crippen molar-refractivity contribution in [1.29, 1.82) is 0 Å². The first-order chi connectivity index (χ1) is 12.4. The minimum Gasteiger partial charge on any atom is -0.465 e. The minimum atomic E-state index is -0.351. The fourth-order valence-electron chi connectivity index (χ4n) is 4.32. The molecule has 1 aliphatic carbocycles. The lowest BCUT2D eigenvalue weighted by molar-refractivity contribution is -0.148. The lowest BCUT2D eigenvalue weighted by Crippen LogP contribution is -2.63. The van der Waals surface area contributed by atoms with Crippen LogP contribution in [0.2, 0.25) is 0 Å². The maximum Gasteiger partial charge on any atom is 0.325 e. The van der Waals surface area contributed by atoms with Crippen LogP contribution < -0.4 is 0 Å². The van der Waals surface area contributed by atoms with Crippen LogP contribution in [-0.2, 0) is 19.1 Å². The van der Waals surface area contributed by atoms with Crippen molar-refractivity contribution in [2.75, 3.05) is 46.4 Å². The standard InChI is InChI=1S/C19H31N3O4/c1-3-26-17(24)13-21-10-9-19(8-7-16(21)23)14-22(12-11-20(19)2)18(25)15-5-4-6-15/h15H,3-14H2,1-2H3/t19-/m0/s1. The van der Waals surface area contributed by atoms with E-state index in [1.807, 2.05) is 4.90 Å². The second kappa shape index (κ2) is 7.94. The Morgan fingerprint density at radius 3 is 2.62 bits per heavy atom. The Balaban J connectivity index is 1.66. The van der Waals surface area contributed by atoms with Gasteiger partial charge < -0.3 is 14.5 Å². The zero-order valence-corrected chi connectivity index (χ0v) is 16.0. The molecule has 7 heteroatoms. The molecule has 1 atom stereocenters. The van der Waals surface area contributed by atoms with Gasteiger partial charge in [-0.3, -0.25) is 19.3 Å². The van der Waals surface area contributed by atoms with Crippen LogP contribution in [0.25, 0.3) is 0 Å². The van der Waals surface area contributed by atoms with E-state index in [4.69, 9.17) is 4.74 Å². The molecule has 0 N–H and O–H groups in total. The highest BCUT2D eigenvalue weighted by Crippen LogP contribution is 2.35. The first-order valence-electron chi connectivity index (χ1n) is 9.88. The van der Waals surface area contributed by atoms with Gasteiger partial charge in [0.15, 0.2) is 0 Å². The summed E-state index contributed by atoms with van der Waals surface area (Å²) >= 11 is 0. The van der Waals surface area contributed by atoms with E-state index in [9.17, 15) is 14.4 Å². The number of hydrogen-bond donors (Lipinski definition) is 0. The number of rotatable bonds is 4. The summed E-state index contributed by atoms with van der Waals surface area (Å²) in [7, 11) is 2.09. The van der Waals surface area contributed by atoms with Crippen molar-refractivity contribution in [3.05, 3.63) is 0 Å². The molecular formula is C19H31N3O4. The molecule has 0 aromatic heterocycles. The van der Waals surface area contributed by atoms with Crippen LogP contribution in [0.4, 0.5) is 0 Å². The Hall–Kier alpha value is -1.63. The molecule has 1 saturated carbocycles. The van der Waals surface area contributed by atoms with E-state index in [2.05, 4.69) is 11.9 Å². The highest BCUT2D eigenvalue weighted by Gasteiger charge is 2.44. The molecule has 26 heavy (non-hydrogen) atoms. The SMILES string of the molecule is CCOC(=O)CN1CC[C@@]2(CCC1=O)CN(C(=O)C1CCC1)CCN2C. The fourth-order valence-corrected chi connectivity index (χ4v) is 4.32. The monoisotopic (exact) mass is 365 g/mol. The average molecular weight is 365 g/mol. The van der Waals surface area contributed by atoms with Crippen molar-refractivity contribution in [2.24, 2.45) is 5.92 Å². The molecule has 2 heterocycles. The van der Waals surface area contributed by atoms with Crippen LogP contribution in [0.5, 0.6) is 0 Å². The smallest absolute Gasteiger partial charge is 0.325 e. The first-order valence-corrected chi connectivity index (χ1v) is 9.88. The fraction of sp³-hybridized carbons (Fsp3) is 0.842. The Kier molecular flexibility index (Phi) is 5.85. The van der Waals surface area contributed by atoms with Gasteiger partial charge in [0, 0.05) is 44.1 Å². The summed E-state index contributed by atoms with van der Waals surface area (Å²) in [6.07, 6.45) is 5.12. The van der Waals surface area contributed by atoms with E-state index < -0.39 is 0 Å². The van der Waals surface area contributed by atoms with Gasteiger partial charge in [0.1, 0.15) is 6.54 Å². The summed E-state index contributed by atoms with van der Waals surface area (Å²) in [4.78, 5) is 42.9. The second-order valence-corrected chi connectivity index (χ2v) is 7.90. The van der Waals surface area contributed by atoms with E-state index in [1.165, 1.54) is 0 Å². The summed E-state index contributed by atoms with van der Waals surface area (Å²) in [5.74, 6) is 0.159. The quantitative estimate of drug-likeness (QED) is 0.692. The Bertz CT molecular complexity index is 563. The highest BCUT2D eigenvalue weighted by molar-refractivity contribution is 5.82. The van der Waals surface area contributed by atoms with E-state index >= 15 is 0 Å².